The normalized spacial score (nSPS) is 22.5. The SMILES string of the molecule is C=C(C(=O)N1CCNC(C(=O)C2CNCCO2)C1)c1ccc(S)c([N+](=O)[O-])c1. The van der Waals surface area contributed by atoms with E-state index in [1.165, 1.54) is 17.0 Å². The minimum atomic E-state index is -0.554. The fourth-order valence-electron chi connectivity index (χ4n) is 3.27. The van der Waals surface area contributed by atoms with Crippen molar-refractivity contribution in [3.05, 3.63) is 40.5 Å². The third kappa shape index (κ3) is 4.41. The van der Waals surface area contributed by atoms with E-state index >= 15 is 0 Å². The highest BCUT2D eigenvalue weighted by Crippen LogP contribution is 2.27. The van der Waals surface area contributed by atoms with Gasteiger partial charge >= 0.3 is 0 Å². The first-order valence-corrected chi connectivity index (χ1v) is 9.38. The summed E-state index contributed by atoms with van der Waals surface area (Å²) in [6.07, 6.45) is -0.532. The van der Waals surface area contributed by atoms with Gasteiger partial charge in [-0.3, -0.25) is 19.7 Å². The van der Waals surface area contributed by atoms with Crippen LogP contribution in [0.4, 0.5) is 5.69 Å². The maximum absolute atomic E-state index is 12.9. The second-order valence-corrected chi connectivity index (χ2v) is 7.14. The number of nitro groups is 1. The number of ether oxygens (including phenoxy) is 1. The lowest BCUT2D eigenvalue weighted by Crippen LogP contribution is -2.59. The van der Waals surface area contributed by atoms with Crippen molar-refractivity contribution in [2.24, 2.45) is 0 Å². The molecule has 1 amide bonds. The Morgan fingerprint density at radius 1 is 1.36 bits per heavy atom. The highest BCUT2D eigenvalue weighted by Gasteiger charge is 2.34. The number of morpholine rings is 1. The first kappa shape index (κ1) is 20.5. The summed E-state index contributed by atoms with van der Waals surface area (Å²) in [6.45, 7) is 6.53. The number of nitro benzene ring substituents is 1. The van der Waals surface area contributed by atoms with E-state index in [2.05, 4.69) is 29.8 Å². The Hall–Kier alpha value is -2.27. The van der Waals surface area contributed by atoms with Crippen LogP contribution in [0.5, 0.6) is 0 Å². The smallest absolute Gasteiger partial charge is 0.283 e. The van der Waals surface area contributed by atoms with E-state index in [9.17, 15) is 19.7 Å². The van der Waals surface area contributed by atoms with Crippen LogP contribution in [0.15, 0.2) is 29.7 Å². The van der Waals surface area contributed by atoms with E-state index < -0.39 is 17.1 Å². The van der Waals surface area contributed by atoms with Gasteiger partial charge in [0.05, 0.1) is 22.5 Å². The molecule has 1 aromatic rings. The lowest BCUT2D eigenvalue weighted by atomic mass is 10.0. The zero-order valence-electron chi connectivity index (χ0n) is 15.2. The van der Waals surface area contributed by atoms with E-state index in [1.54, 1.807) is 6.07 Å². The molecule has 2 atom stereocenters. The molecule has 10 heteroatoms. The number of nitrogens with zero attached hydrogens (tertiary/aromatic N) is 2. The lowest BCUT2D eigenvalue weighted by Gasteiger charge is -2.35. The number of hydrogen-bond acceptors (Lipinski definition) is 8. The van der Waals surface area contributed by atoms with Gasteiger partial charge < -0.3 is 20.3 Å². The number of rotatable bonds is 5. The van der Waals surface area contributed by atoms with Crippen LogP contribution < -0.4 is 10.6 Å². The van der Waals surface area contributed by atoms with Crippen LogP contribution >= 0.6 is 12.6 Å². The maximum Gasteiger partial charge on any atom is 0.283 e. The van der Waals surface area contributed by atoms with E-state index in [1.807, 2.05) is 0 Å². The first-order valence-electron chi connectivity index (χ1n) is 8.94. The Morgan fingerprint density at radius 2 is 2.14 bits per heavy atom. The predicted octanol–water partition coefficient (Wildman–Crippen LogP) is 0.255. The number of amides is 1. The number of piperazine rings is 1. The molecule has 9 nitrogen and oxygen atoms in total. The van der Waals surface area contributed by atoms with E-state index in [0.717, 1.165) is 0 Å². The van der Waals surface area contributed by atoms with Gasteiger partial charge in [-0.1, -0.05) is 12.6 Å². The van der Waals surface area contributed by atoms with Gasteiger partial charge in [0.15, 0.2) is 5.78 Å². The van der Waals surface area contributed by atoms with Gasteiger partial charge in [-0.2, -0.15) is 0 Å². The Balaban J connectivity index is 1.69. The number of nitrogens with one attached hydrogen (secondary N) is 2. The zero-order chi connectivity index (χ0) is 20.3. The molecule has 28 heavy (non-hydrogen) atoms. The van der Waals surface area contributed by atoms with Crippen molar-refractivity contribution in [2.75, 3.05) is 39.3 Å². The predicted molar refractivity (Wildman–Crippen MR) is 105 cm³/mol. The summed E-state index contributed by atoms with van der Waals surface area (Å²) in [6, 6.07) is 3.80. The number of thiol groups is 1. The third-order valence-corrected chi connectivity index (χ3v) is 5.21. The van der Waals surface area contributed by atoms with Gasteiger partial charge in [0.2, 0.25) is 0 Å². The Kier molecular flexibility index (Phi) is 6.45. The van der Waals surface area contributed by atoms with Crippen LogP contribution in [-0.2, 0) is 14.3 Å². The summed E-state index contributed by atoms with van der Waals surface area (Å²) < 4.78 is 5.51. The van der Waals surface area contributed by atoms with Crippen LogP contribution in [0.1, 0.15) is 5.56 Å². The molecule has 0 saturated carbocycles. The fourth-order valence-corrected chi connectivity index (χ4v) is 3.49. The Bertz CT molecular complexity index is 809. The molecule has 150 valence electrons. The van der Waals surface area contributed by atoms with E-state index in [4.69, 9.17) is 4.74 Å². The molecular formula is C18H22N4O5S. The second kappa shape index (κ2) is 8.82. The van der Waals surface area contributed by atoms with Gasteiger partial charge in [0, 0.05) is 44.4 Å². The number of hydrogen-bond donors (Lipinski definition) is 3. The van der Waals surface area contributed by atoms with Gasteiger partial charge in [-0.05, 0) is 11.6 Å². The van der Waals surface area contributed by atoms with Crippen molar-refractivity contribution in [3.63, 3.8) is 0 Å². The van der Waals surface area contributed by atoms with Crippen molar-refractivity contribution < 1.29 is 19.2 Å². The van der Waals surface area contributed by atoms with Crippen LogP contribution in [0.25, 0.3) is 5.57 Å². The molecule has 0 spiro atoms. The van der Waals surface area contributed by atoms with Gasteiger partial charge in [0.1, 0.15) is 6.10 Å². The molecule has 0 radical (unpaired) electrons. The Labute approximate surface area is 167 Å². The molecule has 0 bridgehead atoms. The summed E-state index contributed by atoms with van der Waals surface area (Å²) in [7, 11) is 0. The zero-order valence-corrected chi connectivity index (χ0v) is 16.1. The highest BCUT2D eigenvalue weighted by molar-refractivity contribution is 7.80. The molecule has 2 aliphatic heterocycles. The topological polar surface area (TPSA) is 114 Å². The molecule has 3 rings (SSSR count). The van der Waals surface area contributed by atoms with Crippen LogP contribution in [-0.4, -0.2) is 73.0 Å². The molecular weight excluding hydrogens is 384 g/mol. The van der Waals surface area contributed by atoms with Crippen molar-refractivity contribution >= 4 is 35.6 Å². The average Bonchev–Trinajstić information content (AvgIpc) is 2.73. The fraction of sp³-hybridized carbons (Fsp3) is 0.444. The molecule has 2 unspecified atom stereocenters. The molecule has 1 aromatic carbocycles. The van der Waals surface area contributed by atoms with E-state index in [0.29, 0.717) is 38.3 Å². The first-order chi connectivity index (χ1) is 13.4. The standard InChI is InChI=1S/C18H22N4O5S/c1-11(12-2-3-16(28)14(8-12)22(25)26)18(24)21-6-4-20-13(10-21)17(23)15-9-19-5-7-27-15/h2-3,8,13,15,19-20,28H,1,4-7,9-10H2. The van der Waals surface area contributed by atoms with Crippen molar-refractivity contribution in [2.45, 2.75) is 17.0 Å². The number of ketones is 1. The quantitative estimate of drug-likeness (QED) is 0.278. The molecule has 2 heterocycles. The number of carbonyl (C=O) groups is 2. The minimum absolute atomic E-state index is 0.0922. The molecule has 2 N–H and O–H groups in total. The number of benzene rings is 1. The monoisotopic (exact) mass is 406 g/mol. The molecule has 2 fully saturated rings. The van der Waals surface area contributed by atoms with Gasteiger partial charge in [-0.25, -0.2) is 0 Å². The summed E-state index contributed by atoms with van der Waals surface area (Å²) in [5, 5.41) is 17.4. The number of carbonyl (C=O) groups excluding carboxylic acids is 2. The van der Waals surface area contributed by atoms with E-state index in [-0.39, 0.29) is 34.4 Å². The number of Topliss-reactive ketones (excluding diaryl/α,β-unsaturated/α-hetero) is 1. The van der Waals surface area contributed by atoms with Crippen molar-refractivity contribution in [1.82, 2.24) is 15.5 Å². The maximum atomic E-state index is 12.9. The van der Waals surface area contributed by atoms with Crippen molar-refractivity contribution in [3.8, 4) is 0 Å². The lowest BCUT2D eigenvalue weighted by molar-refractivity contribution is -0.387. The average molecular weight is 406 g/mol. The second-order valence-electron chi connectivity index (χ2n) is 6.66. The summed E-state index contributed by atoms with van der Waals surface area (Å²) in [4.78, 5) is 37.8. The summed E-state index contributed by atoms with van der Waals surface area (Å²) in [5.74, 6) is -0.450. The van der Waals surface area contributed by atoms with Gasteiger partial charge in [-0.15, -0.1) is 12.6 Å². The molecule has 0 aliphatic carbocycles. The molecule has 0 aromatic heterocycles. The molecule has 2 aliphatic rings. The largest absolute Gasteiger partial charge is 0.368 e. The van der Waals surface area contributed by atoms with Crippen LogP contribution in [0, 0.1) is 10.1 Å². The molecule has 2 saturated heterocycles. The third-order valence-electron chi connectivity index (χ3n) is 4.83. The van der Waals surface area contributed by atoms with Gasteiger partial charge in [0.25, 0.3) is 11.6 Å². The summed E-state index contributed by atoms with van der Waals surface area (Å²) in [5.41, 5.74) is 0.306. The van der Waals surface area contributed by atoms with Crippen LogP contribution in [0.2, 0.25) is 0 Å². The summed E-state index contributed by atoms with van der Waals surface area (Å²) >= 11 is 4.06. The Morgan fingerprint density at radius 3 is 2.82 bits per heavy atom. The highest BCUT2D eigenvalue weighted by atomic mass is 32.1. The minimum Gasteiger partial charge on any atom is -0.368 e. The van der Waals surface area contributed by atoms with Crippen molar-refractivity contribution in [1.29, 1.82) is 0 Å². The van der Waals surface area contributed by atoms with Crippen LogP contribution in [0.3, 0.4) is 0 Å².